The van der Waals surface area contributed by atoms with Gasteiger partial charge in [-0.1, -0.05) is 0 Å². The van der Waals surface area contributed by atoms with Crippen LogP contribution in [0.4, 0.5) is 5.82 Å². The Hall–Kier alpha value is -1.85. The number of fused-ring (bicyclic) bond motifs is 1. The molecule has 0 bridgehead atoms. The van der Waals surface area contributed by atoms with E-state index in [9.17, 15) is 0 Å². The van der Waals surface area contributed by atoms with Crippen LogP contribution in [-0.4, -0.2) is 37.1 Å². The van der Waals surface area contributed by atoms with E-state index in [-0.39, 0.29) is 6.10 Å². The highest BCUT2D eigenvalue weighted by Crippen LogP contribution is 2.26. The zero-order valence-corrected chi connectivity index (χ0v) is 12.6. The smallest absolute Gasteiger partial charge is 0.163 e. The molecule has 1 unspecified atom stereocenters. The predicted octanol–water partition coefficient (Wildman–Crippen LogP) is 2.81. The molecule has 0 saturated carbocycles. The molecule has 0 aliphatic carbocycles. The molecule has 1 saturated heterocycles. The van der Waals surface area contributed by atoms with Gasteiger partial charge in [-0.2, -0.15) is 0 Å². The van der Waals surface area contributed by atoms with E-state index in [1.54, 1.807) is 13.3 Å². The Morgan fingerprint density at radius 3 is 2.95 bits per heavy atom. The standard InChI is InChI=1S/C16H20N2O3/c1-16(2)20-10-13(21-16)9-18-15-14-5-4-12(19-3)8-11(14)6-7-17-15/h4-8,13H,9-10H2,1-3H3,(H,17,18). The molecule has 2 heterocycles. The van der Waals surface area contributed by atoms with Crippen molar-refractivity contribution in [1.82, 2.24) is 4.98 Å². The maximum Gasteiger partial charge on any atom is 0.163 e. The molecular formula is C16H20N2O3. The fourth-order valence-electron chi connectivity index (χ4n) is 2.50. The van der Waals surface area contributed by atoms with Crippen LogP contribution in [0.3, 0.4) is 0 Å². The third-order valence-corrected chi connectivity index (χ3v) is 3.54. The summed E-state index contributed by atoms with van der Waals surface area (Å²) in [5.74, 6) is 1.20. The number of rotatable bonds is 4. The Morgan fingerprint density at radius 1 is 1.38 bits per heavy atom. The quantitative estimate of drug-likeness (QED) is 0.937. The number of anilines is 1. The predicted molar refractivity (Wildman–Crippen MR) is 81.7 cm³/mol. The topological polar surface area (TPSA) is 52.6 Å². The van der Waals surface area contributed by atoms with Crippen LogP contribution in [0, 0.1) is 0 Å². The maximum atomic E-state index is 5.79. The molecule has 1 aliphatic rings. The van der Waals surface area contributed by atoms with Gasteiger partial charge < -0.3 is 19.5 Å². The van der Waals surface area contributed by atoms with Crippen LogP contribution < -0.4 is 10.1 Å². The van der Waals surface area contributed by atoms with Gasteiger partial charge in [0.25, 0.3) is 0 Å². The number of benzene rings is 1. The molecule has 0 amide bonds. The van der Waals surface area contributed by atoms with Crippen molar-refractivity contribution < 1.29 is 14.2 Å². The zero-order chi connectivity index (χ0) is 14.9. The van der Waals surface area contributed by atoms with E-state index in [0.29, 0.717) is 13.2 Å². The number of aromatic nitrogens is 1. The molecule has 3 rings (SSSR count). The average Bonchev–Trinajstić information content (AvgIpc) is 2.83. The average molecular weight is 288 g/mol. The second kappa shape index (κ2) is 5.50. The number of ether oxygens (including phenoxy) is 3. The van der Waals surface area contributed by atoms with Crippen molar-refractivity contribution in [3.63, 3.8) is 0 Å². The molecule has 5 nitrogen and oxygen atoms in total. The second-order valence-corrected chi connectivity index (χ2v) is 5.58. The highest BCUT2D eigenvalue weighted by molar-refractivity contribution is 5.92. The molecule has 0 radical (unpaired) electrons. The molecular weight excluding hydrogens is 268 g/mol. The molecule has 1 atom stereocenters. The van der Waals surface area contributed by atoms with Crippen LogP contribution in [0.15, 0.2) is 30.5 Å². The molecule has 21 heavy (non-hydrogen) atoms. The van der Waals surface area contributed by atoms with Gasteiger partial charge in [0.05, 0.1) is 13.7 Å². The highest BCUT2D eigenvalue weighted by atomic mass is 16.7. The van der Waals surface area contributed by atoms with Gasteiger partial charge in [0.2, 0.25) is 0 Å². The first kappa shape index (κ1) is 14.1. The third-order valence-electron chi connectivity index (χ3n) is 3.54. The van der Waals surface area contributed by atoms with Crippen molar-refractivity contribution in [3.8, 4) is 5.75 Å². The molecule has 1 aromatic carbocycles. The Bertz CT molecular complexity index is 642. The summed E-state index contributed by atoms with van der Waals surface area (Å²) in [6.07, 6.45) is 1.83. The lowest BCUT2D eigenvalue weighted by atomic mass is 10.1. The summed E-state index contributed by atoms with van der Waals surface area (Å²) >= 11 is 0. The van der Waals surface area contributed by atoms with E-state index in [2.05, 4.69) is 10.3 Å². The van der Waals surface area contributed by atoms with Crippen LogP contribution in [0.25, 0.3) is 10.8 Å². The highest BCUT2D eigenvalue weighted by Gasteiger charge is 2.32. The summed E-state index contributed by atoms with van der Waals surface area (Å²) in [5, 5.41) is 5.51. The lowest BCUT2D eigenvalue weighted by molar-refractivity contribution is -0.136. The van der Waals surface area contributed by atoms with Crippen LogP contribution in [0.5, 0.6) is 5.75 Å². The van der Waals surface area contributed by atoms with Gasteiger partial charge in [0.15, 0.2) is 5.79 Å². The fraction of sp³-hybridized carbons (Fsp3) is 0.438. The van der Waals surface area contributed by atoms with Crippen LogP contribution in [0.2, 0.25) is 0 Å². The first-order chi connectivity index (χ1) is 10.1. The largest absolute Gasteiger partial charge is 0.497 e. The van der Waals surface area contributed by atoms with Gasteiger partial charge in [-0.3, -0.25) is 0 Å². The number of hydrogen-bond acceptors (Lipinski definition) is 5. The van der Waals surface area contributed by atoms with Gasteiger partial charge in [-0.05, 0) is 43.5 Å². The van der Waals surface area contributed by atoms with Gasteiger partial charge >= 0.3 is 0 Å². The SMILES string of the molecule is COc1ccc2c(NCC3COC(C)(C)O3)nccc2c1. The summed E-state index contributed by atoms with van der Waals surface area (Å²) in [6.45, 7) is 5.12. The van der Waals surface area contributed by atoms with Crippen LogP contribution in [0.1, 0.15) is 13.8 Å². The normalized spacial score (nSPS) is 20.6. The molecule has 112 valence electrons. The van der Waals surface area contributed by atoms with E-state index in [1.807, 2.05) is 38.1 Å². The van der Waals surface area contributed by atoms with Crippen LogP contribution in [-0.2, 0) is 9.47 Å². The minimum Gasteiger partial charge on any atom is -0.497 e. The molecule has 2 aromatic rings. The molecule has 1 fully saturated rings. The summed E-state index contributed by atoms with van der Waals surface area (Å²) < 4.78 is 16.6. The van der Waals surface area contributed by atoms with Gasteiger partial charge in [0, 0.05) is 18.1 Å². The number of hydrogen-bond donors (Lipinski definition) is 1. The first-order valence-electron chi connectivity index (χ1n) is 7.06. The number of pyridine rings is 1. The maximum absolute atomic E-state index is 5.79. The van der Waals surface area contributed by atoms with E-state index in [0.717, 1.165) is 22.3 Å². The van der Waals surface area contributed by atoms with Gasteiger partial charge in [0.1, 0.15) is 17.7 Å². The molecule has 5 heteroatoms. The summed E-state index contributed by atoms with van der Waals surface area (Å²) in [5.41, 5.74) is 0. The first-order valence-corrected chi connectivity index (χ1v) is 7.06. The third kappa shape index (κ3) is 3.09. The van der Waals surface area contributed by atoms with Crippen LogP contribution >= 0.6 is 0 Å². The summed E-state index contributed by atoms with van der Waals surface area (Å²) in [6, 6.07) is 7.93. The molecule has 1 N–H and O–H groups in total. The van der Waals surface area contributed by atoms with Gasteiger partial charge in [-0.15, -0.1) is 0 Å². The minimum absolute atomic E-state index is 0.0373. The number of nitrogens with one attached hydrogen (secondary N) is 1. The van der Waals surface area contributed by atoms with Crippen molar-refractivity contribution >= 4 is 16.6 Å². The lowest BCUT2D eigenvalue weighted by Gasteiger charge is -2.17. The van der Waals surface area contributed by atoms with Crippen molar-refractivity contribution in [2.24, 2.45) is 0 Å². The van der Waals surface area contributed by atoms with E-state index < -0.39 is 5.79 Å². The molecule has 1 aromatic heterocycles. The van der Waals surface area contributed by atoms with E-state index in [1.165, 1.54) is 0 Å². The molecule has 1 aliphatic heterocycles. The van der Waals surface area contributed by atoms with Gasteiger partial charge in [-0.25, -0.2) is 4.98 Å². The van der Waals surface area contributed by atoms with E-state index >= 15 is 0 Å². The fourth-order valence-corrected chi connectivity index (χ4v) is 2.50. The summed E-state index contributed by atoms with van der Waals surface area (Å²) in [4.78, 5) is 4.41. The number of methoxy groups -OCH3 is 1. The lowest BCUT2D eigenvalue weighted by Crippen LogP contribution is -2.26. The Labute approximate surface area is 124 Å². The molecule has 0 spiro atoms. The van der Waals surface area contributed by atoms with Crippen molar-refractivity contribution in [1.29, 1.82) is 0 Å². The van der Waals surface area contributed by atoms with Crippen molar-refractivity contribution in [2.75, 3.05) is 25.6 Å². The zero-order valence-electron chi connectivity index (χ0n) is 12.6. The van der Waals surface area contributed by atoms with E-state index in [4.69, 9.17) is 14.2 Å². The number of nitrogens with zero attached hydrogens (tertiary/aromatic N) is 1. The Balaban J connectivity index is 1.75. The Kier molecular flexibility index (Phi) is 3.69. The van der Waals surface area contributed by atoms with Crippen molar-refractivity contribution in [3.05, 3.63) is 30.5 Å². The minimum atomic E-state index is -0.494. The van der Waals surface area contributed by atoms with Crippen molar-refractivity contribution in [2.45, 2.75) is 25.7 Å². The second-order valence-electron chi connectivity index (χ2n) is 5.58. The Morgan fingerprint density at radius 2 is 2.24 bits per heavy atom. The summed E-state index contributed by atoms with van der Waals surface area (Å²) in [7, 11) is 1.67. The monoisotopic (exact) mass is 288 g/mol.